The zero-order valence-corrected chi connectivity index (χ0v) is 38.0. The smallest absolute Gasteiger partial charge is 0.371 e. The van der Waals surface area contributed by atoms with Gasteiger partial charge in [-0.2, -0.15) is 0 Å². The highest BCUT2D eigenvalue weighted by Crippen LogP contribution is 2.28. The molecule has 0 saturated heterocycles. The molecule has 72 heavy (non-hydrogen) atoms. The van der Waals surface area contributed by atoms with Crippen LogP contribution in [0.3, 0.4) is 0 Å². The number of hydrogen-bond donors (Lipinski definition) is 7. The van der Waals surface area contributed by atoms with E-state index in [-0.39, 0.29) is 93.3 Å². The van der Waals surface area contributed by atoms with Crippen LogP contribution in [0.2, 0.25) is 0 Å². The first-order valence-corrected chi connectivity index (χ1v) is 21.1. The third kappa shape index (κ3) is 12.7. The molecule has 376 valence electrons. The molecule has 8 N–H and O–H groups in total. The Morgan fingerprint density at radius 3 is 0.792 bits per heavy atom. The number of carboxylic acid groups (broad SMARTS) is 4. The van der Waals surface area contributed by atoms with Crippen molar-refractivity contribution in [1.29, 1.82) is 0 Å². The van der Waals surface area contributed by atoms with Gasteiger partial charge in [0.25, 0.3) is 0 Å². The number of hydrogen-bond acceptors (Lipinski definition) is 19. The molecule has 0 spiro atoms. The van der Waals surface area contributed by atoms with Gasteiger partial charge in [0.2, 0.25) is 23.0 Å². The zero-order chi connectivity index (χ0) is 52.8. The second-order valence-electron chi connectivity index (χ2n) is 14.2. The van der Waals surface area contributed by atoms with Crippen LogP contribution in [0.15, 0.2) is 134 Å². The number of benzene rings is 4. The average Bonchev–Trinajstić information content (AvgIpc) is 3.36. The number of carboxylic acids is 4. The Bertz CT molecular complexity index is 3070. The average molecular weight is 998 g/mol. The van der Waals surface area contributed by atoms with Crippen LogP contribution in [0.1, 0.15) is 56.1 Å². The number of aromatic carboxylic acids is 4. The molecule has 0 aliphatic rings. The summed E-state index contributed by atoms with van der Waals surface area (Å²) in [6, 6.07) is 20.8. The first-order valence-electron chi connectivity index (χ1n) is 21.1. The van der Waals surface area contributed by atoms with Gasteiger partial charge in [-0.05, 0) is 55.6 Å². The van der Waals surface area contributed by atoms with Gasteiger partial charge < -0.3 is 73.0 Å². The van der Waals surface area contributed by atoms with Crippen LogP contribution in [0.5, 0.6) is 23.0 Å². The van der Waals surface area contributed by atoms with Crippen LogP contribution in [0, 0.1) is 0 Å². The summed E-state index contributed by atoms with van der Waals surface area (Å²) in [4.78, 5) is 93.6. The molecule has 0 atom stereocenters. The molecule has 4 aromatic heterocycles. The third-order valence-electron chi connectivity index (χ3n) is 9.43. The Kier molecular flexibility index (Phi) is 18.1. The summed E-state index contributed by atoms with van der Waals surface area (Å²) >= 11 is 0. The van der Waals surface area contributed by atoms with E-state index in [1.54, 1.807) is 0 Å². The molecule has 0 unspecified atom stereocenters. The van der Waals surface area contributed by atoms with Crippen LogP contribution >= 0.6 is 0 Å². The Morgan fingerprint density at radius 2 is 0.611 bits per heavy atom. The molecule has 0 radical (unpaired) electrons. The summed E-state index contributed by atoms with van der Waals surface area (Å²) < 4.78 is 42.8. The number of aliphatic hydroxyl groups excluding tert-OH is 2. The maximum absolute atomic E-state index is 12.3. The van der Waals surface area contributed by atoms with E-state index in [4.69, 9.17) is 57.0 Å². The number of rotatable bonds is 16. The molecule has 23 nitrogen and oxygen atoms in total. The van der Waals surface area contributed by atoms with Gasteiger partial charge in [0, 0.05) is 24.3 Å². The summed E-state index contributed by atoms with van der Waals surface area (Å²) in [6.45, 7) is 2.78. The molecule has 0 aliphatic carbocycles. The lowest BCUT2D eigenvalue weighted by atomic mass is 10.2. The van der Waals surface area contributed by atoms with E-state index in [1.165, 1.54) is 79.8 Å². The highest BCUT2D eigenvalue weighted by atomic mass is 16.5. The van der Waals surface area contributed by atoms with E-state index in [9.17, 15) is 48.6 Å². The van der Waals surface area contributed by atoms with Crippen molar-refractivity contribution >= 4 is 67.8 Å². The Labute approximate surface area is 402 Å². The highest BCUT2D eigenvalue weighted by molar-refractivity contribution is 5.92. The van der Waals surface area contributed by atoms with Crippen molar-refractivity contribution in [2.75, 3.05) is 33.5 Å². The molecule has 0 bridgehead atoms. The van der Waals surface area contributed by atoms with Crippen LogP contribution in [-0.4, -0.2) is 100 Å². The number of carbonyl (C=O) groups is 4. The van der Waals surface area contributed by atoms with Crippen molar-refractivity contribution in [1.82, 2.24) is 0 Å². The molecule has 8 aromatic rings. The maximum atomic E-state index is 12.3. The largest absolute Gasteiger partial charge is 0.490 e. The third-order valence-corrected chi connectivity index (χ3v) is 9.43. The van der Waals surface area contributed by atoms with Crippen LogP contribution in [-0.2, 0) is 0 Å². The lowest BCUT2D eigenvalue weighted by Gasteiger charge is -2.15. The molecular formula is C49H43NO22. The second-order valence-corrected chi connectivity index (χ2v) is 14.2. The van der Waals surface area contributed by atoms with Gasteiger partial charge in [-0.25, -0.2) is 19.2 Å². The summed E-state index contributed by atoms with van der Waals surface area (Å²) in [7, 11) is 1.50. The van der Waals surface area contributed by atoms with E-state index >= 15 is 0 Å². The van der Waals surface area contributed by atoms with E-state index in [0.717, 1.165) is 24.3 Å². The molecule has 0 saturated carbocycles. The van der Waals surface area contributed by atoms with Gasteiger partial charge in [0.1, 0.15) is 106 Å². The van der Waals surface area contributed by atoms with Crippen LogP contribution in [0.25, 0.3) is 43.9 Å². The SMILES string of the molecule is CC.CN.O=C(O)c1cc(=O)c2c(OCC(O)COc3cccc4oc(C(=O)O)cc(=O)c34)cccc2o1.O=C(O)c1cc(=O)c2c(OCC(O)COc3cccc4oc(C(=O)O)cc(=O)c34)cccc2o1. The maximum Gasteiger partial charge on any atom is 0.371 e. The minimum absolute atomic E-state index is 0.0105. The van der Waals surface area contributed by atoms with Crippen LogP contribution in [0.4, 0.5) is 0 Å². The molecule has 0 aliphatic heterocycles. The molecule has 4 heterocycles. The summed E-state index contributed by atoms with van der Waals surface area (Å²) in [5, 5.41) is 56.7. The molecular weight excluding hydrogens is 955 g/mol. The van der Waals surface area contributed by atoms with E-state index in [2.05, 4.69) is 5.73 Å². The van der Waals surface area contributed by atoms with Gasteiger partial charge in [0.15, 0.2) is 21.7 Å². The number of ether oxygens (including phenoxy) is 4. The quantitative estimate of drug-likeness (QED) is 0.0681. The van der Waals surface area contributed by atoms with Gasteiger partial charge in [0.05, 0.1) is 0 Å². The lowest BCUT2D eigenvalue weighted by Crippen LogP contribution is -2.25. The number of nitrogens with two attached hydrogens (primary N) is 1. The van der Waals surface area contributed by atoms with Crippen LogP contribution < -0.4 is 46.4 Å². The predicted octanol–water partition coefficient (Wildman–Crippen LogP) is 4.83. The predicted molar refractivity (Wildman–Crippen MR) is 253 cm³/mol. The normalized spacial score (nSPS) is 10.7. The molecule has 23 heteroatoms. The first-order chi connectivity index (χ1) is 34.5. The highest BCUT2D eigenvalue weighted by Gasteiger charge is 2.20. The summed E-state index contributed by atoms with van der Waals surface area (Å²) in [5.74, 6) is -7.31. The van der Waals surface area contributed by atoms with Crippen molar-refractivity contribution in [3.63, 3.8) is 0 Å². The van der Waals surface area contributed by atoms with Crippen molar-refractivity contribution in [3.8, 4) is 23.0 Å². The van der Waals surface area contributed by atoms with E-state index < -0.39 is 80.8 Å². The van der Waals surface area contributed by atoms with Crippen molar-refractivity contribution in [3.05, 3.63) is 161 Å². The van der Waals surface area contributed by atoms with E-state index in [1.807, 2.05) is 13.8 Å². The Hall–Kier alpha value is -9.32. The number of aliphatic hydroxyl groups is 2. The fraction of sp³-hybridized carbons (Fsp3) is 0.184. The molecule has 0 fully saturated rings. The number of fused-ring (bicyclic) bond motifs is 4. The van der Waals surface area contributed by atoms with Crippen molar-refractivity contribution in [2.45, 2.75) is 26.1 Å². The Balaban J connectivity index is 0.000000250. The lowest BCUT2D eigenvalue weighted by molar-refractivity contribution is 0.0634. The molecule has 0 amide bonds. The van der Waals surface area contributed by atoms with E-state index in [0.29, 0.717) is 0 Å². The standard InChI is InChI=1S/2C23H16O11.C2H6.CH5N/c2*24-11(9-31-14-3-1-5-16-20(14)12(25)7-18(33-16)22(27)28)10-32-15-4-2-6-17-21(15)13(26)8-19(34-17)23(29)30;2*1-2/h2*1-8,11,24H,9-10H2,(H,27,28)(H,29,30);1-2H3;2H2,1H3. The fourth-order valence-corrected chi connectivity index (χ4v) is 6.46. The minimum atomic E-state index is -1.39. The van der Waals surface area contributed by atoms with Gasteiger partial charge in [-0.3, -0.25) is 19.2 Å². The van der Waals surface area contributed by atoms with Crippen molar-refractivity contribution < 1.29 is 86.4 Å². The van der Waals surface area contributed by atoms with Gasteiger partial charge in [-0.1, -0.05) is 38.1 Å². The molecule has 4 aromatic carbocycles. The first kappa shape index (κ1) is 53.6. The minimum Gasteiger partial charge on any atom is -0.490 e. The summed E-state index contributed by atoms with van der Waals surface area (Å²) in [6.07, 6.45) is -2.39. The molecule has 8 rings (SSSR count). The van der Waals surface area contributed by atoms with Crippen molar-refractivity contribution in [2.24, 2.45) is 5.73 Å². The monoisotopic (exact) mass is 997 g/mol. The van der Waals surface area contributed by atoms with Gasteiger partial charge >= 0.3 is 23.9 Å². The summed E-state index contributed by atoms with van der Waals surface area (Å²) in [5.41, 5.74) is 2.05. The van der Waals surface area contributed by atoms with Gasteiger partial charge in [-0.15, -0.1) is 0 Å². The topological polar surface area (TPSA) is 373 Å². The fourth-order valence-electron chi connectivity index (χ4n) is 6.46. The zero-order valence-electron chi connectivity index (χ0n) is 38.0. The Morgan fingerprint density at radius 1 is 0.417 bits per heavy atom. The second kappa shape index (κ2) is 24.3.